The zero-order chi connectivity index (χ0) is 19.5. The second-order valence-electron chi connectivity index (χ2n) is 6.83. The van der Waals surface area contributed by atoms with Gasteiger partial charge in [0.2, 0.25) is 0 Å². The molecule has 0 amide bonds. The van der Waals surface area contributed by atoms with Gasteiger partial charge in [0.15, 0.2) is 0 Å². The van der Waals surface area contributed by atoms with Crippen LogP contribution in [-0.2, 0) is 5.75 Å². The van der Waals surface area contributed by atoms with E-state index in [0.717, 1.165) is 28.4 Å². The van der Waals surface area contributed by atoms with E-state index in [1.807, 2.05) is 38.0 Å². The predicted octanol–water partition coefficient (Wildman–Crippen LogP) is 5.37. The van der Waals surface area contributed by atoms with Gasteiger partial charge < -0.3 is 14.0 Å². The molecular formula is C23H23N3OS. The lowest BCUT2D eigenvalue weighted by atomic mass is 10.1. The molecule has 0 saturated heterocycles. The van der Waals surface area contributed by atoms with Crippen molar-refractivity contribution in [1.29, 1.82) is 0 Å². The Morgan fingerprint density at radius 3 is 2.36 bits per heavy atom. The molecule has 2 aromatic heterocycles. The highest BCUT2D eigenvalue weighted by atomic mass is 32.2. The Hall–Kier alpha value is -2.92. The number of rotatable bonds is 6. The SMILES string of the molecule is COc1ccc(CSc2ccc3nc(-c4ccc(N(C)C)cc4)cn3c2)cc1. The number of hydrogen-bond acceptors (Lipinski definition) is 4. The molecule has 0 radical (unpaired) electrons. The van der Waals surface area contributed by atoms with Crippen molar-refractivity contribution in [2.75, 3.05) is 26.1 Å². The van der Waals surface area contributed by atoms with Crippen molar-refractivity contribution in [3.05, 3.63) is 78.6 Å². The van der Waals surface area contributed by atoms with Crippen molar-refractivity contribution < 1.29 is 4.74 Å². The van der Waals surface area contributed by atoms with E-state index in [9.17, 15) is 0 Å². The van der Waals surface area contributed by atoms with E-state index >= 15 is 0 Å². The number of methoxy groups -OCH3 is 1. The van der Waals surface area contributed by atoms with Crippen LogP contribution >= 0.6 is 11.8 Å². The number of thioether (sulfide) groups is 1. The Kier molecular flexibility index (Phi) is 5.26. The van der Waals surface area contributed by atoms with Gasteiger partial charge in [0.25, 0.3) is 0 Å². The largest absolute Gasteiger partial charge is 0.497 e. The summed E-state index contributed by atoms with van der Waals surface area (Å²) in [5, 5.41) is 0. The molecule has 28 heavy (non-hydrogen) atoms. The van der Waals surface area contributed by atoms with Gasteiger partial charge in [0.05, 0.1) is 12.8 Å². The first-order valence-corrected chi connectivity index (χ1v) is 10.1. The van der Waals surface area contributed by atoms with Gasteiger partial charge in [-0.3, -0.25) is 0 Å². The molecule has 0 spiro atoms. The van der Waals surface area contributed by atoms with E-state index in [4.69, 9.17) is 9.72 Å². The number of hydrogen-bond donors (Lipinski definition) is 0. The minimum atomic E-state index is 0.889. The zero-order valence-corrected chi connectivity index (χ0v) is 17.1. The lowest BCUT2D eigenvalue weighted by molar-refractivity contribution is 0.414. The molecule has 2 aromatic carbocycles. The molecule has 0 bridgehead atoms. The number of anilines is 1. The number of nitrogens with zero attached hydrogens (tertiary/aromatic N) is 3. The van der Waals surface area contributed by atoms with E-state index < -0.39 is 0 Å². The lowest BCUT2D eigenvalue weighted by Gasteiger charge is -2.12. The Balaban J connectivity index is 1.50. The maximum Gasteiger partial charge on any atom is 0.137 e. The average Bonchev–Trinajstić information content (AvgIpc) is 3.16. The van der Waals surface area contributed by atoms with E-state index in [-0.39, 0.29) is 0 Å². The summed E-state index contributed by atoms with van der Waals surface area (Å²) < 4.78 is 7.32. The number of aromatic nitrogens is 2. The second kappa shape index (κ2) is 7.98. The van der Waals surface area contributed by atoms with Crippen molar-refractivity contribution in [3.8, 4) is 17.0 Å². The monoisotopic (exact) mass is 389 g/mol. The maximum absolute atomic E-state index is 5.22. The fourth-order valence-electron chi connectivity index (χ4n) is 3.01. The topological polar surface area (TPSA) is 29.8 Å². The fraction of sp³-hybridized carbons (Fsp3) is 0.174. The van der Waals surface area contributed by atoms with Crippen LogP contribution in [0.15, 0.2) is 78.0 Å². The van der Waals surface area contributed by atoms with Gasteiger partial charge in [-0.2, -0.15) is 0 Å². The van der Waals surface area contributed by atoms with E-state index in [2.05, 4.69) is 70.2 Å². The van der Waals surface area contributed by atoms with Crippen LogP contribution in [0, 0.1) is 0 Å². The highest BCUT2D eigenvalue weighted by Gasteiger charge is 2.06. The van der Waals surface area contributed by atoms with Crippen molar-refractivity contribution in [3.63, 3.8) is 0 Å². The van der Waals surface area contributed by atoms with Crippen molar-refractivity contribution in [2.24, 2.45) is 0 Å². The Morgan fingerprint density at radius 2 is 1.68 bits per heavy atom. The van der Waals surface area contributed by atoms with Crippen LogP contribution < -0.4 is 9.64 Å². The van der Waals surface area contributed by atoms with Crippen LogP contribution in [0.2, 0.25) is 0 Å². The van der Waals surface area contributed by atoms with Gasteiger partial charge in [-0.25, -0.2) is 4.98 Å². The molecule has 0 atom stereocenters. The van der Waals surface area contributed by atoms with Gasteiger partial charge in [-0.1, -0.05) is 24.3 Å². The van der Waals surface area contributed by atoms with Crippen LogP contribution in [0.25, 0.3) is 16.9 Å². The summed E-state index contributed by atoms with van der Waals surface area (Å²) in [6, 6.07) is 20.9. The normalized spacial score (nSPS) is 11.0. The van der Waals surface area contributed by atoms with Crippen LogP contribution in [0.3, 0.4) is 0 Å². The number of imidazole rings is 1. The van der Waals surface area contributed by atoms with Crippen molar-refractivity contribution in [2.45, 2.75) is 10.6 Å². The van der Waals surface area contributed by atoms with Gasteiger partial charge in [0, 0.05) is 48.4 Å². The van der Waals surface area contributed by atoms with E-state index in [0.29, 0.717) is 0 Å². The van der Waals surface area contributed by atoms with Gasteiger partial charge in [0.1, 0.15) is 11.4 Å². The molecule has 4 nitrogen and oxygen atoms in total. The summed E-state index contributed by atoms with van der Waals surface area (Å²) in [5.74, 6) is 1.81. The molecule has 0 N–H and O–H groups in total. The van der Waals surface area contributed by atoms with Crippen molar-refractivity contribution in [1.82, 2.24) is 9.38 Å². The molecule has 4 rings (SSSR count). The molecule has 5 heteroatoms. The van der Waals surface area contributed by atoms with Crippen LogP contribution in [0.5, 0.6) is 5.75 Å². The van der Waals surface area contributed by atoms with Crippen molar-refractivity contribution >= 4 is 23.1 Å². The summed E-state index contributed by atoms with van der Waals surface area (Å²) in [6.07, 6.45) is 4.24. The van der Waals surface area contributed by atoms with Gasteiger partial charge in [-0.15, -0.1) is 11.8 Å². The maximum atomic E-state index is 5.22. The molecular weight excluding hydrogens is 366 g/mol. The standard InChI is InChI=1S/C23H23N3OS/c1-25(2)19-8-6-18(7-9-19)22-15-26-14-21(12-13-23(26)24-22)28-16-17-4-10-20(27-3)11-5-17/h4-15H,16H2,1-3H3. The van der Waals surface area contributed by atoms with E-state index in [1.54, 1.807) is 7.11 Å². The Labute approximate surface area is 169 Å². The van der Waals surface area contributed by atoms with E-state index in [1.165, 1.54) is 16.1 Å². The summed E-state index contributed by atoms with van der Waals surface area (Å²) in [7, 11) is 5.78. The molecule has 0 aliphatic heterocycles. The van der Waals surface area contributed by atoms with Crippen LogP contribution in [-0.4, -0.2) is 30.6 Å². The highest BCUT2D eigenvalue weighted by Crippen LogP contribution is 2.26. The molecule has 142 valence electrons. The fourth-order valence-corrected chi connectivity index (χ4v) is 3.89. The summed E-state index contributed by atoms with van der Waals surface area (Å²) in [4.78, 5) is 8.08. The third kappa shape index (κ3) is 3.99. The first-order chi connectivity index (χ1) is 13.6. The zero-order valence-electron chi connectivity index (χ0n) is 16.3. The lowest BCUT2D eigenvalue weighted by Crippen LogP contribution is -2.07. The molecule has 0 aliphatic carbocycles. The summed E-state index contributed by atoms with van der Waals surface area (Å²) >= 11 is 1.82. The molecule has 0 fully saturated rings. The predicted molar refractivity (Wildman–Crippen MR) is 118 cm³/mol. The summed E-state index contributed by atoms with van der Waals surface area (Å²) in [6.45, 7) is 0. The Morgan fingerprint density at radius 1 is 0.929 bits per heavy atom. The minimum Gasteiger partial charge on any atom is -0.497 e. The van der Waals surface area contributed by atoms with Gasteiger partial charge in [-0.05, 0) is 42.0 Å². The minimum absolute atomic E-state index is 0.889. The quantitative estimate of drug-likeness (QED) is 0.415. The molecule has 4 aromatic rings. The second-order valence-corrected chi connectivity index (χ2v) is 7.88. The number of benzene rings is 2. The first kappa shape index (κ1) is 18.4. The third-order valence-electron chi connectivity index (χ3n) is 4.67. The molecule has 0 aliphatic rings. The average molecular weight is 390 g/mol. The number of ether oxygens (including phenoxy) is 1. The summed E-state index contributed by atoms with van der Waals surface area (Å²) in [5.41, 5.74) is 5.53. The third-order valence-corrected chi connectivity index (χ3v) is 5.72. The van der Waals surface area contributed by atoms with Crippen LogP contribution in [0.4, 0.5) is 5.69 Å². The first-order valence-electron chi connectivity index (χ1n) is 9.14. The Bertz CT molecular complexity index is 1070. The van der Waals surface area contributed by atoms with Gasteiger partial charge >= 0.3 is 0 Å². The number of fused-ring (bicyclic) bond motifs is 1. The molecule has 0 saturated carbocycles. The molecule has 2 heterocycles. The molecule has 0 unspecified atom stereocenters. The highest BCUT2D eigenvalue weighted by molar-refractivity contribution is 7.98. The van der Waals surface area contributed by atoms with Crippen LogP contribution in [0.1, 0.15) is 5.56 Å². The smallest absolute Gasteiger partial charge is 0.137 e. The number of pyridine rings is 1.